The minimum Gasteiger partial charge on any atom is -0.345 e. The first kappa shape index (κ1) is 22.9. The number of hydrogen-bond donors (Lipinski definition) is 1. The standard InChI is InChI=1S/C23H22ClN5O3S/c1-3-4-20(15-9-10-26-22(11-15)33(2,31)32)28-23(30)19-12-25-14-21-18(19)13-27-29(21)17-7-5-16(24)6-8-17/h5-14,20H,3-4H2,1-2H3,(H,28,30). The summed E-state index contributed by atoms with van der Waals surface area (Å²) in [6.45, 7) is 2.00. The zero-order valence-corrected chi connectivity index (χ0v) is 19.6. The summed E-state index contributed by atoms with van der Waals surface area (Å²) in [5.41, 5.74) is 2.53. The number of sulfone groups is 1. The molecule has 1 amide bonds. The summed E-state index contributed by atoms with van der Waals surface area (Å²) in [5, 5.41) is 8.69. The van der Waals surface area contributed by atoms with Crippen molar-refractivity contribution in [2.45, 2.75) is 30.8 Å². The minimum absolute atomic E-state index is 0.0247. The van der Waals surface area contributed by atoms with Gasteiger partial charge in [-0.15, -0.1) is 0 Å². The van der Waals surface area contributed by atoms with Crippen LogP contribution in [0.15, 0.2) is 66.2 Å². The third-order valence-electron chi connectivity index (χ3n) is 5.24. The van der Waals surface area contributed by atoms with Crippen LogP contribution in [-0.2, 0) is 9.84 Å². The predicted octanol–water partition coefficient (Wildman–Crippen LogP) is 4.14. The summed E-state index contributed by atoms with van der Waals surface area (Å²) in [5.74, 6) is -0.320. The second-order valence-electron chi connectivity index (χ2n) is 7.67. The zero-order valence-electron chi connectivity index (χ0n) is 18.1. The van der Waals surface area contributed by atoms with E-state index in [1.165, 1.54) is 18.5 Å². The number of nitrogens with one attached hydrogen (secondary N) is 1. The third kappa shape index (κ3) is 4.89. The van der Waals surface area contributed by atoms with Gasteiger partial charge in [-0.3, -0.25) is 9.78 Å². The van der Waals surface area contributed by atoms with Gasteiger partial charge in [-0.2, -0.15) is 5.10 Å². The lowest BCUT2D eigenvalue weighted by Gasteiger charge is -2.19. The molecule has 0 aliphatic carbocycles. The molecule has 0 saturated carbocycles. The van der Waals surface area contributed by atoms with Crippen molar-refractivity contribution >= 4 is 38.2 Å². The molecular formula is C23H22ClN5O3S. The molecule has 1 N–H and O–H groups in total. The molecule has 3 aromatic heterocycles. The zero-order chi connectivity index (χ0) is 23.6. The average molecular weight is 484 g/mol. The largest absolute Gasteiger partial charge is 0.345 e. The highest BCUT2D eigenvalue weighted by Gasteiger charge is 2.21. The lowest BCUT2D eigenvalue weighted by atomic mass is 10.0. The van der Waals surface area contributed by atoms with E-state index in [2.05, 4.69) is 20.4 Å². The fourth-order valence-electron chi connectivity index (χ4n) is 3.60. The molecule has 1 atom stereocenters. The molecule has 1 aromatic carbocycles. The van der Waals surface area contributed by atoms with E-state index >= 15 is 0 Å². The van der Waals surface area contributed by atoms with Gasteiger partial charge < -0.3 is 5.32 Å². The molecule has 0 spiro atoms. The van der Waals surface area contributed by atoms with Gasteiger partial charge in [0.2, 0.25) is 0 Å². The van der Waals surface area contributed by atoms with Gasteiger partial charge in [-0.1, -0.05) is 24.9 Å². The van der Waals surface area contributed by atoms with Crippen LogP contribution < -0.4 is 5.32 Å². The molecular weight excluding hydrogens is 462 g/mol. The van der Waals surface area contributed by atoms with Gasteiger partial charge in [0.05, 0.1) is 35.2 Å². The highest BCUT2D eigenvalue weighted by atomic mass is 35.5. The monoisotopic (exact) mass is 483 g/mol. The van der Waals surface area contributed by atoms with Gasteiger partial charge in [0.15, 0.2) is 14.9 Å². The van der Waals surface area contributed by atoms with E-state index in [0.717, 1.165) is 18.4 Å². The van der Waals surface area contributed by atoms with Crippen LogP contribution >= 0.6 is 11.6 Å². The Bertz CT molecular complexity index is 1420. The van der Waals surface area contributed by atoms with Gasteiger partial charge in [-0.25, -0.2) is 18.1 Å². The number of nitrogens with zero attached hydrogens (tertiary/aromatic N) is 4. The second kappa shape index (κ2) is 9.29. The molecule has 170 valence electrons. The van der Waals surface area contributed by atoms with Gasteiger partial charge in [-0.05, 0) is 48.4 Å². The Hall–Kier alpha value is -3.30. The van der Waals surface area contributed by atoms with E-state index in [1.54, 1.807) is 35.3 Å². The summed E-state index contributed by atoms with van der Waals surface area (Å²) in [6.07, 6.45) is 8.76. The normalized spacial score (nSPS) is 12.6. The number of benzene rings is 1. The SMILES string of the molecule is CCCC(NC(=O)c1cncc2c1cnn2-c1ccc(Cl)cc1)c1ccnc(S(C)(=O)=O)c1. The maximum atomic E-state index is 13.3. The molecule has 8 nitrogen and oxygen atoms in total. The van der Waals surface area contributed by atoms with Crippen LogP contribution in [0.5, 0.6) is 0 Å². The number of rotatable bonds is 7. The van der Waals surface area contributed by atoms with Crippen LogP contribution in [0.2, 0.25) is 5.02 Å². The van der Waals surface area contributed by atoms with Crippen molar-refractivity contribution in [1.82, 2.24) is 25.1 Å². The number of hydrogen-bond acceptors (Lipinski definition) is 6. The molecule has 1 unspecified atom stereocenters. The lowest BCUT2D eigenvalue weighted by Crippen LogP contribution is -2.29. The van der Waals surface area contributed by atoms with E-state index < -0.39 is 9.84 Å². The molecule has 0 aliphatic heterocycles. The van der Waals surface area contributed by atoms with Crippen LogP contribution in [0.1, 0.15) is 41.7 Å². The Morgan fingerprint density at radius 1 is 1.15 bits per heavy atom. The first-order valence-electron chi connectivity index (χ1n) is 10.3. The van der Waals surface area contributed by atoms with Gasteiger partial charge >= 0.3 is 0 Å². The number of halogens is 1. The Morgan fingerprint density at radius 3 is 2.61 bits per heavy atom. The number of fused-ring (bicyclic) bond motifs is 1. The van der Waals surface area contributed by atoms with Crippen molar-refractivity contribution in [3.05, 3.63) is 77.3 Å². The first-order valence-corrected chi connectivity index (χ1v) is 12.6. The van der Waals surface area contributed by atoms with Crippen molar-refractivity contribution in [2.24, 2.45) is 0 Å². The number of carbonyl (C=O) groups is 1. The van der Waals surface area contributed by atoms with Crippen LogP contribution in [0, 0.1) is 0 Å². The molecule has 0 saturated heterocycles. The summed E-state index contributed by atoms with van der Waals surface area (Å²) < 4.78 is 25.5. The first-order chi connectivity index (χ1) is 15.8. The topological polar surface area (TPSA) is 107 Å². The summed E-state index contributed by atoms with van der Waals surface area (Å²) >= 11 is 5.99. The van der Waals surface area contributed by atoms with E-state index in [-0.39, 0.29) is 17.0 Å². The smallest absolute Gasteiger partial charge is 0.254 e. The van der Waals surface area contributed by atoms with Crippen LogP contribution in [0.4, 0.5) is 0 Å². The molecule has 3 heterocycles. The van der Waals surface area contributed by atoms with E-state index in [9.17, 15) is 13.2 Å². The molecule has 4 rings (SSSR count). The molecule has 10 heteroatoms. The summed E-state index contributed by atoms with van der Waals surface area (Å²) in [4.78, 5) is 21.4. The van der Waals surface area contributed by atoms with E-state index in [0.29, 0.717) is 33.5 Å². The molecule has 4 aromatic rings. The van der Waals surface area contributed by atoms with Gasteiger partial charge in [0.1, 0.15) is 0 Å². The van der Waals surface area contributed by atoms with Crippen molar-refractivity contribution < 1.29 is 13.2 Å². The minimum atomic E-state index is -3.46. The fourth-order valence-corrected chi connectivity index (χ4v) is 4.33. The highest BCUT2D eigenvalue weighted by Crippen LogP contribution is 2.24. The maximum Gasteiger partial charge on any atom is 0.254 e. The van der Waals surface area contributed by atoms with Crippen LogP contribution in [-0.4, -0.2) is 40.3 Å². The van der Waals surface area contributed by atoms with E-state index in [4.69, 9.17) is 11.6 Å². The Kier molecular flexibility index (Phi) is 6.44. The lowest BCUT2D eigenvalue weighted by molar-refractivity contribution is 0.0935. The van der Waals surface area contributed by atoms with Crippen molar-refractivity contribution in [3.8, 4) is 5.69 Å². The second-order valence-corrected chi connectivity index (χ2v) is 10.1. The van der Waals surface area contributed by atoms with Crippen LogP contribution in [0.25, 0.3) is 16.6 Å². The van der Waals surface area contributed by atoms with E-state index in [1.807, 2.05) is 19.1 Å². The van der Waals surface area contributed by atoms with Crippen LogP contribution in [0.3, 0.4) is 0 Å². The van der Waals surface area contributed by atoms with Crippen molar-refractivity contribution in [3.63, 3.8) is 0 Å². The summed E-state index contributed by atoms with van der Waals surface area (Å²) in [6, 6.07) is 10.0. The third-order valence-corrected chi connectivity index (χ3v) is 6.47. The van der Waals surface area contributed by atoms with Crippen molar-refractivity contribution in [1.29, 1.82) is 0 Å². The van der Waals surface area contributed by atoms with Gasteiger partial charge in [0, 0.05) is 29.1 Å². The molecule has 33 heavy (non-hydrogen) atoms. The predicted molar refractivity (Wildman–Crippen MR) is 126 cm³/mol. The number of pyridine rings is 2. The maximum absolute atomic E-state index is 13.3. The Morgan fingerprint density at radius 2 is 1.91 bits per heavy atom. The number of aromatic nitrogens is 4. The molecule has 0 radical (unpaired) electrons. The van der Waals surface area contributed by atoms with Gasteiger partial charge in [0.25, 0.3) is 5.91 Å². The molecule has 0 bridgehead atoms. The molecule has 0 fully saturated rings. The quantitative estimate of drug-likeness (QED) is 0.423. The highest BCUT2D eigenvalue weighted by molar-refractivity contribution is 7.90. The fraction of sp³-hybridized carbons (Fsp3) is 0.217. The van der Waals surface area contributed by atoms with Crippen molar-refractivity contribution in [2.75, 3.05) is 6.26 Å². The Balaban J connectivity index is 1.67. The summed E-state index contributed by atoms with van der Waals surface area (Å²) in [7, 11) is -3.46. The average Bonchev–Trinajstić information content (AvgIpc) is 3.23. The number of carbonyl (C=O) groups excluding carboxylic acids is 1. The molecule has 0 aliphatic rings. The number of amides is 1. The Labute approximate surface area is 196 Å².